The predicted octanol–water partition coefficient (Wildman–Crippen LogP) is 3.26. The molecule has 8 nitrogen and oxygen atoms in total. The Morgan fingerprint density at radius 1 is 1.18 bits per heavy atom. The van der Waals surface area contributed by atoms with E-state index in [2.05, 4.69) is 15.8 Å². The van der Waals surface area contributed by atoms with E-state index in [0.29, 0.717) is 47.4 Å². The number of halogens is 2. The molecule has 0 aliphatic carbocycles. The molecule has 2 aliphatic rings. The largest absolute Gasteiger partial charge is 0.487 e. The fourth-order valence-corrected chi connectivity index (χ4v) is 4.55. The molecule has 10 heteroatoms. The second-order valence-corrected chi connectivity index (χ2v) is 9.18. The smallest absolute Gasteiger partial charge is 0.275 e. The number of rotatable bonds is 4. The number of carbonyl (C=O) groups is 1. The monoisotopic (exact) mass is 485 g/mol. The average molecular weight is 486 g/mol. The average Bonchev–Trinajstić information content (AvgIpc) is 2.82. The van der Waals surface area contributed by atoms with Crippen molar-refractivity contribution in [1.82, 2.24) is 14.9 Å². The molecule has 3 heterocycles. The molecule has 0 saturated carbocycles. The molecule has 1 saturated heterocycles. The van der Waals surface area contributed by atoms with E-state index in [-0.39, 0.29) is 17.0 Å². The van der Waals surface area contributed by atoms with Crippen molar-refractivity contribution in [1.29, 1.82) is 0 Å². The number of anilines is 2. The summed E-state index contributed by atoms with van der Waals surface area (Å²) in [4.78, 5) is 30.4. The van der Waals surface area contributed by atoms with Crippen LogP contribution in [0, 0.1) is 5.82 Å². The van der Waals surface area contributed by atoms with Gasteiger partial charge in [0, 0.05) is 37.4 Å². The number of hydrogen-bond acceptors (Lipinski definition) is 6. The zero-order chi connectivity index (χ0) is 24.0. The van der Waals surface area contributed by atoms with E-state index < -0.39 is 17.2 Å². The number of ether oxygens (including phenoxy) is 1. The van der Waals surface area contributed by atoms with Crippen LogP contribution in [0.25, 0.3) is 10.9 Å². The molecule has 2 aromatic carbocycles. The zero-order valence-corrected chi connectivity index (χ0v) is 19.7. The summed E-state index contributed by atoms with van der Waals surface area (Å²) in [5, 5.41) is 0.685. The van der Waals surface area contributed by atoms with Gasteiger partial charge in [-0.1, -0.05) is 11.6 Å². The van der Waals surface area contributed by atoms with Crippen LogP contribution in [0.5, 0.6) is 5.75 Å². The molecule has 1 aromatic heterocycles. The minimum atomic E-state index is -0.616. The first kappa shape index (κ1) is 22.5. The van der Waals surface area contributed by atoms with Crippen molar-refractivity contribution in [3.8, 4) is 5.75 Å². The minimum absolute atomic E-state index is 0.0830. The second kappa shape index (κ2) is 8.81. The number of amides is 1. The molecular formula is C24H25ClFN5O3. The highest BCUT2D eigenvalue weighted by Gasteiger charge is 2.31. The van der Waals surface area contributed by atoms with Crippen molar-refractivity contribution < 1.29 is 13.9 Å². The quantitative estimate of drug-likeness (QED) is 0.552. The van der Waals surface area contributed by atoms with Gasteiger partial charge in [0.15, 0.2) is 11.6 Å². The van der Waals surface area contributed by atoms with Gasteiger partial charge in [0.05, 0.1) is 22.6 Å². The first-order valence-corrected chi connectivity index (χ1v) is 11.5. The third-order valence-electron chi connectivity index (χ3n) is 6.37. The van der Waals surface area contributed by atoms with Crippen LogP contribution in [0.3, 0.4) is 0 Å². The van der Waals surface area contributed by atoms with Crippen molar-refractivity contribution in [2.24, 2.45) is 0 Å². The second-order valence-electron chi connectivity index (χ2n) is 8.75. The predicted molar refractivity (Wildman–Crippen MR) is 131 cm³/mol. The van der Waals surface area contributed by atoms with Crippen LogP contribution in [-0.4, -0.2) is 55.2 Å². The van der Waals surface area contributed by atoms with Crippen LogP contribution >= 0.6 is 11.6 Å². The number of likely N-dealkylation sites (N-methyl/N-ethyl adjacent to an activating group) is 1. The molecule has 0 radical (unpaired) electrons. The number of piperazine rings is 1. The van der Waals surface area contributed by atoms with Crippen LogP contribution in [0.4, 0.5) is 15.8 Å². The fourth-order valence-electron chi connectivity index (χ4n) is 4.43. The maximum absolute atomic E-state index is 15.4. The Kier molecular flexibility index (Phi) is 5.83. The highest BCUT2D eigenvalue weighted by Crippen LogP contribution is 2.42. The van der Waals surface area contributed by atoms with E-state index in [1.165, 1.54) is 12.3 Å². The molecule has 0 bridgehead atoms. The number of hydrogen-bond donors (Lipinski definition) is 2. The molecule has 3 aromatic rings. The molecule has 178 valence electrons. The summed E-state index contributed by atoms with van der Waals surface area (Å²) >= 11 is 5.89. The zero-order valence-electron chi connectivity index (χ0n) is 18.9. The van der Waals surface area contributed by atoms with Gasteiger partial charge in [-0.2, -0.15) is 0 Å². The third-order valence-corrected chi connectivity index (χ3v) is 6.62. The van der Waals surface area contributed by atoms with Crippen molar-refractivity contribution in [3.05, 3.63) is 63.2 Å². The number of nitrogens with zero attached hydrogens (tertiary/aromatic N) is 3. The van der Waals surface area contributed by atoms with Crippen molar-refractivity contribution in [2.45, 2.75) is 13.0 Å². The Morgan fingerprint density at radius 2 is 1.88 bits per heavy atom. The molecule has 0 spiro atoms. The fraction of sp³-hybridized carbons (Fsp3) is 0.333. The lowest BCUT2D eigenvalue weighted by molar-refractivity contribution is 0.0960. The summed E-state index contributed by atoms with van der Waals surface area (Å²) in [5.41, 5.74) is 6.17. The van der Waals surface area contributed by atoms with E-state index in [9.17, 15) is 9.59 Å². The summed E-state index contributed by atoms with van der Waals surface area (Å²) in [6.07, 6.45) is 1.53. The van der Waals surface area contributed by atoms with Gasteiger partial charge < -0.3 is 19.1 Å². The van der Waals surface area contributed by atoms with E-state index >= 15 is 4.39 Å². The molecule has 34 heavy (non-hydrogen) atoms. The summed E-state index contributed by atoms with van der Waals surface area (Å²) in [5.74, 6) is -0.780. The number of carbonyl (C=O) groups excluding carboxylic acids is 1. The number of nitrogens with one attached hydrogen (secondary N) is 2. The molecule has 1 atom stereocenters. The Morgan fingerprint density at radius 3 is 2.59 bits per heavy atom. The molecule has 1 amide bonds. The van der Waals surface area contributed by atoms with E-state index in [1.54, 1.807) is 24.3 Å². The molecular weight excluding hydrogens is 461 g/mol. The Bertz CT molecular complexity index is 1320. The van der Waals surface area contributed by atoms with Crippen LogP contribution < -0.4 is 25.9 Å². The van der Waals surface area contributed by atoms with E-state index in [1.807, 2.05) is 23.4 Å². The first-order valence-electron chi connectivity index (χ1n) is 11.1. The molecule has 2 aliphatic heterocycles. The Balaban J connectivity index is 1.55. The first-order chi connectivity index (χ1) is 16.3. The lowest BCUT2D eigenvalue weighted by Crippen LogP contribution is -2.45. The topological polar surface area (TPSA) is 78.8 Å². The number of pyridine rings is 1. The Hall–Kier alpha value is -3.30. The van der Waals surface area contributed by atoms with Crippen LogP contribution in [0.1, 0.15) is 23.3 Å². The van der Waals surface area contributed by atoms with Crippen molar-refractivity contribution in [2.75, 3.05) is 50.2 Å². The van der Waals surface area contributed by atoms with Gasteiger partial charge in [0.2, 0.25) is 5.43 Å². The van der Waals surface area contributed by atoms with E-state index in [4.69, 9.17) is 16.3 Å². The van der Waals surface area contributed by atoms with Crippen LogP contribution in [0.15, 0.2) is 41.3 Å². The van der Waals surface area contributed by atoms with Crippen molar-refractivity contribution in [3.63, 3.8) is 0 Å². The van der Waals surface area contributed by atoms with Gasteiger partial charge in [-0.25, -0.2) is 4.39 Å². The molecule has 1 fully saturated rings. The maximum Gasteiger partial charge on any atom is 0.275 e. The summed E-state index contributed by atoms with van der Waals surface area (Å²) in [6.45, 7) is 5.16. The molecule has 5 rings (SSSR count). The van der Waals surface area contributed by atoms with Crippen LogP contribution in [-0.2, 0) is 0 Å². The van der Waals surface area contributed by atoms with Crippen molar-refractivity contribution >= 4 is 39.8 Å². The van der Waals surface area contributed by atoms with Gasteiger partial charge >= 0.3 is 0 Å². The van der Waals surface area contributed by atoms with Gasteiger partial charge in [0.1, 0.15) is 17.9 Å². The van der Waals surface area contributed by atoms with E-state index in [0.717, 1.165) is 13.1 Å². The van der Waals surface area contributed by atoms with Gasteiger partial charge in [-0.15, -0.1) is 0 Å². The molecule has 2 N–H and O–H groups in total. The summed E-state index contributed by atoms with van der Waals surface area (Å²) in [6, 6.07) is 7.83. The third kappa shape index (κ3) is 3.95. The standard InChI is InChI=1S/C24H25ClFN5O3/c1-14-13-34-23-20-17(11-19(26)21(23)30-9-7-29(2)8-10-30)22(32)18(12-31(14)20)24(33)28-27-16-5-3-15(25)4-6-16/h3-6,11-12,14,27H,7-10,13H2,1-2H3,(H,28,33)/t14-/m0/s1. The summed E-state index contributed by atoms with van der Waals surface area (Å²) in [7, 11) is 2.03. The van der Waals surface area contributed by atoms with Gasteiger partial charge in [-0.05, 0) is 44.3 Å². The normalized spacial score (nSPS) is 18.0. The lowest BCUT2D eigenvalue weighted by Gasteiger charge is -2.37. The molecule has 0 unspecified atom stereocenters. The summed E-state index contributed by atoms with van der Waals surface area (Å²) < 4.78 is 23.2. The lowest BCUT2D eigenvalue weighted by atomic mass is 10.0. The van der Waals surface area contributed by atoms with Gasteiger partial charge in [-0.3, -0.25) is 20.4 Å². The number of hydrazine groups is 1. The number of aromatic nitrogens is 1. The Labute approximate surface area is 200 Å². The SMILES string of the molecule is C[C@H]1COc2c(N3CCN(C)CC3)c(F)cc3c(=O)c(C(=O)NNc4ccc(Cl)cc4)cn1c23. The van der Waals surface area contributed by atoms with Crippen LogP contribution in [0.2, 0.25) is 5.02 Å². The highest BCUT2D eigenvalue weighted by molar-refractivity contribution is 6.30. The minimum Gasteiger partial charge on any atom is -0.487 e. The number of benzene rings is 2. The van der Waals surface area contributed by atoms with Gasteiger partial charge in [0.25, 0.3) is 5.91 Å². The maximum atomic E-state index is 15.4. The highest BCUT2D eigenvalue weighted by atomic mass is 35.5.